The Morgan fingerprint density at radius 1 is 1.33 bits per heavy atom. The van der Waals surface area contributed by atoms with Crippen molar-refractivity contribution >= 4 is 5.96 Å². The third-order valence-corrected chi connectivity index (χ3v) is 6.12. The van der Waals surface area contributed by atoms with Gasteiger partial charge in [0.25, 0.3) is 0 Å². The second-order valence-corrected chi connectivity index (χ2v) is 7.63. The Bertz CT molecular complexity index is 630. The van der Waals surface area contributed by atoms with Crippen LogP contribution in [0.5, 0.6) is 0 Å². The van der Waals surface area contributed by atoms with Crippen LogP contribution >= 0.6 is 0 Å². The Kier molecular flexibility index (Phi) is 7.07. The van der Waals surface area contributed by atoms with Gasteiger partial charge in [-0.1, -0.05) is 19.1 Å². The molecule has 0 radical (unpaired) electrons. The van der Waals surface area contributed by atoms with Gasteiger partial charge in [-0.3, -0.25) is 9.89 Å². The summed E-state index contributed by atoms with van der Waals surface area (Å²) in [5.41, 5.74) is 0.919. The highest BCUT2D eigenvalue weighted by Crippen LogP contribution is 2.34. The molecule has 2 saturated heterocycles. The average molecular weight is 377 g/mol. The van der Waals surface area contributed by atoms with Crippen LogP contribution in [0.2, 0.25) is 0 Å². The van der Waals surface area contributed by atoms with E-state index in [9.17, 15) is 4.39 Å². The van der Waals surface area contributed by atoms with Crippen LogP contribution in [-0.4, -0.2) is 63.3 Å². The minimum absolute atomic E-state index is 0.124. The van der Waals surface area contributed by atoms with Crippen LogP contribution in [0.4, 0.5) is 4.39 Å². The lowest BCUT2D eigenvalue weighted by Crippen LogP contribution is -2.50. The summed E-state index contributed by atoms with van der Waals surface area (Å²) in [5, 5.41) is 6.98. The van der Waals surface area contributed by atoms with Gasteiger partial charge < -0.3 is 15.4 Å². The summed E-state index contributed by atoms with van der Waals surface area (Å²) in [4.78, 5) is 6.92. The van der Waals surface area contributed by atoms with Crippen molar-refractivity contribution in [1.29, 1.82) is 0 Å². The van der Waals surface area contributed by atoms with Gasteiger partial charge >= 0.3 is 0 Å². The van der Waals surface area contributed by atoms with Gasteiger partial charge in [-0.05, 0) is 56.5 Å². The summed E-state index contributed by atoms with van der Waals surface area (Å²) >= 11 is 0. The summed E-state index contributed by atoms with van der Waals surface area (Å²) in [6, 6.07) is 7.58. The average Bonchev–Trinajstić information content (AvgIpc) is 3.16. The summed E-state index contributed by atoms with van der Waals surface area (Å²) < 4.78 is 19.4. The standard InChI is InChI=1S/C21H33FN4O/c1-3-26-11-5-8-19(26)15-24-20(23-2)25-16-21(9-12-27-13-10-21)17-6-4-7-18(22)14-17/h4,6-7,14,19H,3,5,8-13,15-16H2,1-2H3,(H2,23,24,25). The van der Waals surface area contributed by atoms with Gasteiger partial charge in [0.15, 0.2) is 5.96 Å². The molecule has 150 valence electrons. The largest absolute Gasteiger partial charge is 0.381 e. The molecular formula is C21H33FN4O. The Labute approximate surface area is 162 Å². The SMILES string of the molecule is CCN1CCCC1CNC(=NC)NCC1(c2cccc(F)c2)CCOCC1. The van der Waals surface area contributed by atoms with Crippen LogP contribution in [0.1, 0.15) is 38.2 Å². The second kappa shape index (κ2) is 9.51. The number of guanidine groups is 1. The number of benzene rings is 1. The number of aliphatic imine (C=N–C) groups is 1. The van der Waals surface area contributed by atoms with Gasteiger partial charge in [0.1, 0.15) is 5.82 Å². The lowest BCUT2D eigenvalue weighted by Gasteiger charge is -2.38. The zero-order valence-corrected chi connectivity index (χ0v) is 16.6. The molecule has 0 aliphatic carbocycles. The molecule has 2 aliphatic rings. The maximum atomic E-state index is 13.8. The van der Waals surface area contributed by atoms with Crippen LogP contribution in [0.25, 0.3) is 0 Å². The number of likely N-dealkylation sites (tertiary alicyclic amines) is 1. The number of nitrogens with zero attached hydrogens (tertiary/aromatic N) is 2. The Balaban J connectivity index is 1.62. The first-order valence-corrected chi connectivity index (χ1v) is 10.2. The number of hydrogen-bond donors (Lipinski definition) is 2. The number of ether oxygens (including phenoxy) is 1. The highest BCUT2D eigenvalue weighted by molar-refractivity contribution is 5.79. The third kappa shape index (κ3) is 4.99. The fourth-order valence-electron chi connectivity index (χ4n) is 4.38. The number of likely N-dealkylation sites (N-methyl/N-ethyl adjacent to an activating group) is 1. The van der Waals surface area contributed by atoms with Crippen molar-refractivity contribution in [2.45, 2.75) is 44.1 Å². The summed E-state index contributed by atoms with van der Waals surface area (Å²) in [7, 11) is 1.81. The van der Waals surface area contributed by atoms with Crippen molar-refractivity contribution in [2.24, 2.45) is 4.99 Å². The fourth-order valence-corrected chi connectivity index (χ4v) is 4.38. The number of halogens is 1. The number of nitrogens with one attached hydrogen (secondary N) is 2. The van der Waals surface area contributed by atoms with Crippen molar-refractivity contribution in [2.75, 3.05) is 46.4 Å². The fraction of sp³-hybridized carbons (Fsp3) is 0.667. The lowest BCUT2D eigenvalue weighted by atomic mass is 9.74. The molecular weight excluding hydrogens is 343 g/mol. The first-order valence-electron chi connectivity index (χ1n) is 10.2. The van der Waals surface area contributed by atoms with Gasteiger partial charge in [-0.15, -0.1) is 0 Å². The molecule has 5 nitrogen and oxygen atoms in total. The van der Waals surface area contributed by atoms with E-state index in [2.05, 4.69) is 27.4 Å². The molecule has 3 rings (SSSR count). The van der Waals surface area contributed by atoms with Crippen molar-refractivity contribution in [1.82, 2.24) is 15.5 Å². The molecule has 0 bridgehead atoms. The molecule has 1 aromatic rings. The number of hydrogen-bond acceptors (Lipinski definition) is 3. The predicted octanol–water partition coefficient (Wildman–Crippen LogP) is 2.52. The van der Waals surface area contributed by atoms with Crippen molar-refractivity contribution in [3.05, 3.63) is 35.6 Å². The van der Waals surface area contributed by atoms with E-state index in [1.165, 1.54) is 25.5 Å². The van der Waals surface area contributed by atoms with Gasteiger partial charge in [0.2, 0.25) is 0 Å². The molecule has 0 saturated carbocycles. The van der Waals surface area contributed by atoms with Gasteiger partial charge in [0.05, 0.1) is 0 Å². The summed E-state index contributed by atoms with van der Waals surface area (Å²) in [6.07, 6.45) is 4.27. The number of rotatable bonds is 6. The maximum Gasteiger partial charge on any atom is 0.191 e. The molecule has 2 heterocycles. The molecule has 0 spiro atoms. The maximum absolute atomic E-state index is 13.8. The van der Waals surface area contributed by atoms with Crippen LogP contribution in [0.15, 0.2) is 29.3 Å². The van der Waals surface area contributed by atoms with E-state index in [0.717, 1.165) is 44.0 Å². The highest BCUT2D eigenvalue weighted by atomic mass is 19.1. The molecule has 1 unspecified atom stereocenters. The monoisotopic (exact) mass is 376 g/mol. The molecule has 6 heteroatoms. The van der Waals surface area contributed by atoms with Gasteiger partial charge in [-0.25, -0.2) is 4.39 Å². The van der Waals surface area contributed by atoms with E-state index in [-0.39, 0.29) is 11.2 Å². The lowest BCUT2D eigenvalue weighted by molar-refractivity contribution is 0.0512. The minimum atomic E-state index is -0.179. The Morgan fingerprint density at radius 3 is 2.85 bits per heavy atom. The predicted molar refractivity (Wildman–Crippen MR) is 108 cm³/mol. The van der Waals surface area contributed by atoms with Crippen molar-refractivity contribution in [3.8, 4) is 0 Å². The first-order chi connectivity index (χ1) is 13.2. The van der Waals surface area contributed by atoms with Crippen molar-refractivity contribution < 1.29 is 9.13 Å². The molecule has 1 aromatic carbocycles. The molecule has 2 N–H and O–H groups in total. The van der Waals surface area contributed by atoms with E-state index in [4.69, 9.17) is 4.74 Å². The molecule has 1 atom stereocenters. The smallest absolute Gasteiger partial charge is 0.191 e. The van der Waals surface area contributed by atoms with Crippen LogP contribution in [-0.2, 0) is 10.2 Å². The summed E-state index contributed by atoms with van der Waals surface area (Å²) in [5.74, 6) is 0.641. The zero-order chi connectivity index (χ0) is 19.1. The van der Waals surface area contributed by atoms with E-state index >= 15 is 0 Å². The quantitative estimate of drug-likeness (QED) is 0.592. The molecule has 2 aliphatic heterocycles. The highest BCUT2D eigenvalue weighted by Gasteiger charge is 2.35. The Hall–Kier alpha value is -1.66. The van der Waals surface area contributed by atoms with Crippen LogP contribution < -0.4 is 10.6 Å². The second-order valence-electron chi connectivity index (χ2n) is 7.63. The Morgan fingerprint density at radius 2 is 2.15 bits per heavy atom. The van der Waals surface area contributed by atoms with Crippen LogP contribution in [0, 0.1) is 5.82 Å². The zero-order valence-electron chi connectivity index (χ0n) is 16.6. The van der Waals surface area contributed by atoms with E-state index < -0.39 is 0 Å². The first kappa shape index (κ1) is 20.1. The normalized spacial score (nSPS) is 23.4. The van der Waals surface area contributed by atoms with E-state index in [1.54, 1.807) is 19.2 Å². The topological polar surface area (TPSA) is 48.9 Å². The molecule has 27 heavy (non-hydrogen) atoms. The molecule has 0 amide bonds. The minimum Gasteiger partial charge on any atom is -0.381 e. The van der Waals surface area contributed by atoms with Gasteiger partial charge in [0, 0.05) is 44.8 Å². The summed E-state index contributed by atoms with van der Waals surface area (Å²) in [6.45, 7) is 7.55. The molecule has 0 aromatic heterocycles. The van der Waals surface area contributed by atoms with Crippen molar-refractivity contribution in [3.63, 3.8) is 0 Å². The van der Waals surface area contributed by atoms with E-state index in [1.807, 2.05) is 6.07 Å². The molecule has 2 fully saturated rings. The van der Waals surface area contributed by atoms with E-state index in [0.29, 0.717) is 19.3 Å². The third-order valence-electron chi connectivity index (χ3n) is 6.12. The van der Waals surface area contributed by atoms with Gasteiger partial charge in [-0.2, -0.15) is 0 Å². The van der Waals surface area contributed by atoms with Crippen LogP contribution in [0.3, 0.4) is 0 Å².